The van der Waals surface area contributed by atoms with Gasteiger partial charge in [0.05, 0.1) is 17.8 Å². The number of aliphatic imine (C=N–C) groups is 1. The Balaban J connectivity index is 1.93. The molecule has 3 rings (SSSR count). The molecule has 4 N–H and O–H groups in total. The number of nitrogens with zero attached hydrogens (tertiary/aromatic N) is 1. The third-order valence-corrected chi connectivity index (χ3v) is 13.2. The highest BCUT2D eigenvalue weighted by Gasteiger charge is 2.47. The van der Waals surface area contributed by atoms with Crippen LogP contribution in [0.1, 0.15) is 52.7 Å². The maximum Gasteiger partial charge on any atom is 0.258 e. The summed E-state index contributed by atoms with van der Waals surface area (Å²) in [6, 6.07) is 11.3. The molecule has 0 saturated carbocycles. The summed E-state index contributed by atoms with van der Waals surface area (Å²) in [6.45, 7) is 13.9. The Hall–Kier alpha value is -2.33. The van der Waals surface area contributed by atoms with Gasteiger partial charge in [0.15, 0.2) is 0 Å². The van der Waals surface area contributed by atoms with E-state index < -0.39 is 8.32 Å². The molecular formula is C26H34IN3O3Si. The van der Waals surface area contributed by atoms with Gasteiger partial charge >= 0.3 is 0 Å². The Morgan fingerprint density at radius 1 is 1.06 bits per heavy atom. The summed E-state index contributed by atoms with van der Waals surface area (Å²) in [5, 5.41) is 11.5. The Kier molecular flexibility index (Phi) is 8.13. The minimum Gasteiger partial charge on any atom is -0.541 e. The quantitative estimate of drug-likeness (QED) is 0.119. The van der Waals surface area contributed by atoms with Crippen LogP contribution in [0, 0.1) is 3.57 Å². The Bertz CT molecular complexity index is 1250. The van der Waals surface area contributed by atoms with Crippen LogP contribution >= 0.6 is 22.6 Å². The summed E-state index contributed by atoms with van der Waals surface area (Å²) in [5.74, 6) is 0.536. The Labute approximate surface area is 215 Å². The zero-order valence-corrected chi connectivity index (χ0v) is 23.8. The lowest BCUT2D eigenvalue weighted by Gasteiger charge is -2.42. The van der Waals surface area contributed by atoms with Gasteiger partial charge in [-0.25, -0.2) is 0 Å². The van der Waals surface area contributed by atoms with Crippen LogP contribution in [0.2, 0.25) is 16.6 Å². The minimum atomic E-state index is -2.14. The molecule has 8 heteroatoms. The number of benzene rings is 2. The van der Waals surface area contributed by atoms with Crippen LogP contribution in [0.5, 0.6) is 11.6 Å². The molecule has 0 amide bonds. The van der Waals surface area contributed by atoms with Gasteiger partial charge in [-0.2, -0.15) is 0 Å². The number of hydrogen-bond donors (Lipinski definition) is 3. The zero-order valence-electron chi connectivity index (χ0n) is 20.6. The van der Waals surface area contributed by atoms with Gasteiger partial charge in [0.1, 0.15) is 5.75 Å². The number of fused-ring (bicyclic) bond motifs is 1. The van der Waals surface area contributed by atoms with Crippen molar-refractivity contribution in [3.8, 4) is 11.6 Å². The average molecular weight is 592 g/mol. The van der Waals surface area contributed by atoms with Crippen molar-refractivity contribution < 1.29 is 9.53 Å². The van der Waals surface area contributed by atoms with Gasteiger partial charge in [0, 0.05) is 20.6 Å². The van der Waals surface area contributed by atoms with E-state index in [4.69, 9.17) is 10.2 Å². The molecule has 2 aromatic carbocycles. The average Bonchev–Trinajstić information content (AvgIpc) is 2.75. The van der Waals surface area contributed by atoms with E-state index in [0.717, 1.165) is 14.9 Å². The number of anilines is 1. The van der Waals surface area contributed by atoms with Gasteiger partial charge in [0.25, 0.3) is 13.9 Å². The first-order valence-electron chi connectivity index (χ1n) is 11.6. The van der Waals surface area contributed by atoms with Crippen molar-refractivity contribution in [3.05, 3.63) is 61.4 Å². The molecule has 0 aliphatic rings. The molecule has 0 bridgehead atoms. The van der Waals surface area contributed by atoms with Crippen LogP contribution in [-0.2, 0) is 6.54 Å². The lowest BCUT2D eigenvalue weighted by atomic mass is 10.1. The molecule has 1 aromatic heterocycles. The molecule has 0 saturated heterocycles. The first-order chi connectivity index (χ1) is 16.0. The number of aromatic amines is 1. The van der Waals surface area contributed by atoms with Crippen molar-refractivity contribution >= 4 is 53.6 Å². The fourth-order valence-electron chi connectivity index (χ4n) is 4.99. The molecule has 0 radical (unpaired) electrons. The van der Waals surface area contributed by atoms with E-state index in [2.05, 4.69) is 74.1 Å². The first-order valence-corrected chi connectivity index (χ1v) is 14.8. The molecule has 0 fully saturated rings. The van der Waals surface area contributed by atoms with Crippen molar-refractivity contribution in [2.24, 2.45) is 4.99 Å². The predicted molar refractivity (Wildman–Crippen MR) is 153 cm³/mol. The highest BCUT2D eigenvalue weighted by Crippen LogP contribution is 2.44. The van der Waals surface area contributed by atoms with Crippen molar-refractivity contribution in [2.75, 3.05) is 5.73 Å². The Morgan fingerprint density at radius 2 is 1.71 bits per heavy atom. The molecule has 0 spiro atoms. The molecule has 0 aliphatic heterocycles. The lowest BCUT2D eigenvalue weighted by Crippen LogP contribution is -2.50. The molecule has 34 heavy (non-hydrogen) atoms. The Morgan fingerprint density at radius 3 is 2.32 bits per heavy atom. The van der Waals surface area contributed by atoms with E-state index in [1.165, 1.54) is 0 Å². The minimum absolute atomic E-state index is 0.189. The van der Waals surface area contributed by atoms with E-state index in [1.54, 1.807) is 12.3 Å². The van der Waals surface area contributed by atoms with Crippen LogP contribution in [0.4, 0.5) is 5.69 Å². The maximum atomic E-state index is 12.2. The highest BCUT2D eigenvalue weighted by molar-refractivity contribution is 14.1. The van der Waals surface area contributed by atoms with Crippen molar-refractivity contribution in [2.45, 2.75) is 64.7 Å². The van der Waals surface area contributed by atoms with Gasteiger partial charge < -0.3 is 15.3 Å². The second-order valence-corrected chi connectivity index (χ2v) is 16.3. The summed E-state index contributed by atoms with van der Waals surface area (Å²) in [7, 11) is -2.14. The number of rotatable bonds is 8. The fourth-order valence-corrected chi connectivity index (χ4v) is 10.7. The summed E-state index contributed by atoms with van der Waals surface area (Å²) in [6.07, 6.45) is 1.61. The lowest BCUT2D eigenvalue weighted by molar-refractivity contribution is 0.452. The van der Waals surface area contributed by atoms with Gasteiger partial charge in [-0.15, -0.1) is 0 Å². The summed E-state index contributed by atoms with van der Waals surface area (Å²) in [5.41, 5.74) is 9.39. The molecule has 0 unspecified atom stereocenters. The largest absolute Gasteiger partial charge is 0.541 e. The van der Waals surface area contributed by atoms with E-state index in [1.807, 2.05) is 30.3 Å². The van der Waals surface area contributed by atoms with E-state index in [0.29, 0.717) is 45.2 Å². The highest BCUT2D eigenvalue weighted by atomic mass is 127. The molecule has 0 atom stereocenters. The second kappa shape index (κ2) is 10.5. The first kappa shape index (κ1) is 26.3. The molecule has 6 nitrogen and oxygen atoms in total. The van der Waals surface area contributed by atoms with Crippen LogP contribution in [0.3, 0.4) is 0 Å². The fraction of sp³-hybridized carbons (Fsp3) is 0.385. The molecule has 182 valence electrons. The second-order valence-electron chi connectivity index (χ2n) is 9.67. The number of aromatic nitrogens is 1. The number of pyridine rings is 1. The van der Waals surface area contributed by atoms with E-state index >= 15 is 0 Å². The summed E-state index contributed by atoms with van der Waals surface area (Å²) < 4.78 is 7.78. The maximum absolute atomic E-state index is 12.2. The third-order valence-electron chi connectivity index (χ3n) is 6.57. The predicted octanol–water partition coefficient (Wildman–Crippen LogP) is 6.59. The summed E-state index contributed by atoms with van der Waals surface area (Å²) in [4.78, 5) is 19.3. The topological polar surface area (TPSA) is 101 Å². The van der Waals surface area contributed by atoms with Gasteiger partial charge in [0.2, 0.25) is 5.88 Å². The van der Waals surface area contributed by atoms with Crippen LogP contribution in [-0.4, -0.2) is 24.6 Å². The van der Waals surface area contributed by atoms with Crippen LogP contribution < -0.4 is 15.7 Å². The normalized spacial score (nSPS) is 12.5. The van der Waals surface area contributed by atoms with Crippen molar-refractivity contribution in [3.63, 3.8) is 0 Å². The molecule has 3 aromatic rings. The van der Waals surface area contributed by atoms with Gasteiger partial charge in [-0.05, 0) is 75.1 Å². The SMILES string of the molecule is CC(C)[Si](Oc1cc(CN=Cc2c(O)[nH]c(=O)c3ccc(I)cc23)ccc1N)(C(C)C)C(C)C. The zero-order chi connectivity index (χ0) is 25.2. The number of hydrogen-bond acceptors (Lipinski definition) is 5. The third kappa shape index (κ3) is 5.17. The van der Waals surface area contributed by atoms with E-state index in [-0.39, 0.29) is 11.4 Å². The number of nitrogens with one attached hydrogen (secondary N) is 1. The van der Waals surface area contributed by atoms with Crippen LogP contribution in [0.25, 0.3) is 10.8 Å². The number of H-pyrrole nitrogens is 1. The van der Waals surface area contributed by atoms with Crippen molar-refractivity contribution in [1.82, 2.24) is 4.98 Å². The van der Waals surface area contributed by atoms with Crippen LogP contribution in [0.15, 0.2) is 46.2 Å². The number of nitrogen functional groups attached to an aromatic ring is 1. The van der Waals surface area contributed by atoms with E-state index in [9.17, 15) is 9.90 Å². The molecular weight excluding hydrogens is 557 g/mol. The molecule has 1 heterocycles. The number of halogens is 1. The summed E-state index contributed by atoms with van der Waals surface area (Å²) >= 11 is 2.18. The van der Waals surface area contributed by atoms with Gasteiger partial charge in [-0.3, -0.25) is 14.8 Å². The smallest absolute Gasteiger partial charge is 0.258 e. The molecule has 0 aliphatic carbocycles. The monoisotopic (exact) mass is 591 g/mol. The standard InChI is InChI=1S/C26H34IN3O3Si/c1-15(2)34(16(3)4,17(5)6)33-24-11-18(7-10-23(24)28)13-29-14-22-21-12-19(27)8-9-20(21)25(31)30-26(22)32/h7-12,14-17H,13,28H2,1-6H3,(H2,30,31,32). The van der Waals surface area contributed by atoms with Crippen molar-refractivity contribution in [1.29, 1.82) is 0 Å². The number of nitrogens with two attached hydrogens (primary N) is 1. The number of aromatic hydroxyl groups is 1. The van der Waals surface area contributed by atoms with Gasteiger partial charge in [-0.1, -0.05) is 47.6 Å².